The van der Waals surface area contributed by atoms with Gasteiger partial charge in [-0.15, -0.1) is 26.3 Å². The largest absolute Gasteiger partial charge is 0.573 e. The van der Waals surface area contributed by atoms with Gasteiger partial charge >= 0.3 is 17.9 Å². The van der Waals surface area contributed by atoms with Gasteiger partial charge in [-0.2, -0.15) is 0 Å². The van der Waals surface area contributed by atoms with E-state index in [4.69, 9.17) is 11.6 Å². The fourth-order valence-corrected chi connectivity index (χ4v) is 5.00. The smallest absolute Gasteiger partial charge is 0.507 e. The lowest BCUT2D eigenvalue weighted by molar-refractivity contribution is -0.275. The van der Waals surface area contributed by atoms with E-state index in [9.17, 15) is 54.4 Å². The Morgan fingerprint density at radius 1 is 0.550 bits per heavy atom. The number of alkyl halides is 6. The van der Waals surface area contributed by atoms with E-state index in [-0.39, 0.29) is 44.3 Å². The predicted molar refractivity (Wildman–Crippen MR) is 220 cm³/mol. The molecule has 0 aliphatic rings. The van der Waals surface area contributed by atoms with Gasteiger partial charge in [0.1, 0.15) is 28.9 Å². The molecule has 0 unspecified atom stereocenters. The van der Waals surface area contributed by atoms with E-state index in [1.165, 1.54) is 95.8 Å². The summed E-state index contributed by atoms with van der Waals surface area (Å²) >= 11 is 20.0. The van der Waals surface area contributed by atoms with Crippen molar-refractivity contribution in [3.05, 3.63) is 159 Å². The molecule has 0 aliphatic heterocycles. The molecule has 0 atom stereocenters. The highest BCUT2D eigenvalue weighted by molar-refractivity contribution is 8.24. The van der Waals surface area contributed by atoms with Crippen molar-refractivity contribution in [3.8, 4) is 50.9 Å². The first-order valence-electron chi connectivity index (χ1n) is 15.3. The Morgan fingerprint density at radius 3 is 1.22 bits per heavy atom. The molecule has 60 heavy (non-hydrogen) atoms. The number of ether oxygens (including phenoxy) is 2. The van der Waals surface area contributed by atoms with Crippen molar-refractivity contribution in [3.63, 3.8) is 0 Å². The summed E-state index contributed by atoms with van der Waals surface area (Å²) in [6.45, 7) is 0. The third-order valence-corrected chi connectivity index (χ3v) is 7.36. The van der Waals surface area contributed by atoms with Crippen LogP contribution in [-0.2, 0) is 4.57 Å². The van der Waals surface area contributed by atoms with E-state index < -0.39 is 52.2 Å². The summed E-state index contributed by atoms with van der Waals surface area (Å²) in [5.74, 6) is -2.00. The highest BCUT2D eigenvalue weighted by Gasteiger charge is 2.31. The van der Waals surface area contributed by atoms with Crippen LogP contribution in [0.5, 0.6) is 17.2 Å². The molecule has 8 nitrogen and oxygen atoms in total. The standard InChI is InChI=1S/C18H10ClF4NO2.C18H11F4NO3.3CH4.Cl3OP/c19-16-9-17(25)24(10-15(16)11-1-3-12(20)4-2-11)13-5-7-14(8-6-13)26-18(21,22)23;19-12-3-1-11(2-4-12)15-10-23(17(25)9-16(15)24)13-5-7-14(8-6-13)26-18(20,21)22;;;;1-5(2,3)4/h1-10H;1-10,24H;3*1H4;. The SMILES string of the molecule is C.C.C.O=P(Cl)(Cl)Cl.O=c1cc(Cl)c(-c2ccc(F)cc2)cn1-c1ccc(OC(F)(F)F)cc1.O=c1cc(O)c(-c2ccc(F)cc2)cn1-c1ccc(OC(F)(F)F)cc1. The maximum Gasteiger partial charge on any atom is 0.573 e. The number of pyridine rings is 2. The third-order valence-electron chi connectivity index (χ3n) is 7.04. The Hall–Kier alpha value is -4.99. The molecule has 6 rings (SSSR count). The summed E-state index contributed by atoms with van der Waals surface area (Å²) in [6, 6.07) is 22.4. The molecular formula is C39H33Cl4F8N2O6P. The highest BCUT2D eigenvalue weighted by atomic mass is 36.0. The number of halogens is 12. The van der Waals surface area contributed by atoms with Crippen LogP contribution in [0.2, 0.25) is 5.02 Å². The van der Waals surface area contributed by atoms with Gasteiger partial charge in [-0.3, -0.25) is 23.3 Å². The van der Waals surface area contributed by atoms with Gasteiger partial charge in [-0.25, -0.2) is 8.78 Å². The molecule has 1 N–H and O–H groups in total. The zero-order chi connectivity index (χ0) is 42.3. The molecule has 4 aromatic carbocycles. The van der Waals surface area contributed by atoms with Crippen molar-refractivity contribution in [2.24, 2.45) is 0 Å². The first-order chi connectivity index (χ1) is 26.5. The molecule has 21 heteroatoms. The Bertz CT molecular complexity index is 2310. The fraction of sp³-hybridized carbons (Fsp3) is 0.128. The van der Waals surface area contributed by atoms with Crippen LogP contribution in [0.3, 0.4) is 0 Å². The van der Waals surface area contributed by atoms with Crippen LogP contribution in [-0.4, -0.2) is 27.0 Å². The second-order valence-electron chi connectivity index (χ2n) is 11.0. The van der Waals surface area contributed by atoms with E-state index >= 15 is 0 Å². The van der Waals surface area contributed by atoms with Crippen LogP contribution >= 0.6 is 50.5 Å². The number of aromatic nitrogens is 2. The molecule has 2 aromatic heterocycles. The number of rotatable bonds is 6. The molecule has 6 aromatic rings. The van der Waals surface area contributed by atoms with Crippen LogP contribution in [0.15, 0.2) is 131 Å². The van der Waals surface area contributed by atoms with Gasteiger partial charge in [0.15, 0.2) is 0 Å². The molecule has 0 saturated heterocycles. The third kappa shape index (κ3) is 16.6. The first-order valence-corrected chi connectivity index (χ1v) is 20.1. The van der Waals surface area contributed by atoms with Gasteiger partial charge in [-0.1, -0.05) is 58.1 Å². The molecule has 0 saturated carbocycles. The summed E-state index contributed by atoms with van der Waals surface area (Å²) in [5, 5.41) is 6.96. The van der Waals surface area contributed by atoms with Crippen molar-refractivity contribution < 1.29 is 54.3 Å². The minimum absolute atomic E-state index is 0. The molecular weight excluding hydrogens is 917 g/mol. The number of benzene rings is 4. The Balaban J connectivity index is 0.000000516. The molecule has 0 amide bonds. The average molecular weight is 950 g/mol. The monoisotopic (exact) mass is 948 g/mol. The lowest BCUT2D eigenvalue weighted by Crippen LogP contribution is -2.18. The van der Waals surface area contributed by atoms with Crippen molar-refractivity contribution in [2.75, 3.05) is 0 Å². The van der Waals surface area contributed by atoms with Crippen molar-refractivity contribution in [2.45, 2.75) is 35.0 Å². The van der Waals surface area contributed by atoms with Crippen LogP contribution in [0.25, 0.3) is 33.6 Å². The number of aromatic hydroxyl groups is 1. The first kappa shape index (κ1) is 53.0. The van der Waals surface area contributed by atoms with Crippen molar-refractivity contribution in [1.82, 2.24) is 9.13 Å². The quantitative estimate of drug-likeness (QED) is 0.132. The van der Waals surface area contributed by atoms with Gasteiger partial charge in [0.2, 0.25) is 0 Å². The Kier molecular flexibility index (Phi) is 19.5. The van der Waals surface area contributed by atoms with E-state index in [0.717, 1.165) is 34.9 Å². The van der Waals surface area contributed by atoms with E-state index in [0.29, 0.717) is 22.4 Å². The molecule has 0 spiro atoms. The van der Waals surface area contributed by atoms with Crippen LogP contribution < -0.4 is 20.6 Å². The number of hydrogen-bond acceptors (Lipinski definition) is 6. The molecule has 0 radical (unpaired) electrons. The van der Waals surface area contributed by atoms with E-state index in [1.54, 1.807) is 0 Å². The molecule has 2 heterocycles. The maximum atomic E-state index is 13.1. The highest BCUT2D eigenvalue weighted by Crippen LogP contribution is 2.61. The van der Waals surface area contributed by atoms with Crippen molar-refractivity contribution >= 4 is 50.5 Å². The summed E-state index contributed by atoms with van der Waals surface area (Å²) in [4.78, 5) is 24.3. The summed E-state index contributed by atoms with van der Waals surface area (Å²) < 4.78 is 119. The van der Waals surface area contributed by atoms with Crippen LogP contribution in [0, 0.1) is 11.6 Å². The van der Waals surface area contributed by atoms with Gasteiger partial charge in [0, 0.05) is 47.0 Å². The lowest BCUT2D eigenvalue weighted by Gasteiger charge is -2.12. The Labute approximate surface area is 357 Å². The van der Waals surface area contributed by atoms with E-state index in [1.807, 2.05) is 0 Å². The summed E-state index contributed by atoms with van der Waals surface area (Å²) in [5.41, 5.74) is 1.33. The second kappa shape index (κ2) is 22.0. The lowest BCUT2D eigenvalue weighted by atomic mass is 10.1. The van der Waals surface area contributed by atoms with Gasteiger partial charge in [0.05, 0.1) is 5.02 Å². The van der Waals surface area contributed by atoms with Crippen LogP contribution in [0.4, 0.5) is 35.1 Å². The zero-order valence-electron chi connectivity index (χ0n) is 27.9. The molecule has 0 aliphatic carbocycles. The minimum atomic E-state index is -4.81. The molecule has 0 bridgehead atoms. The predicted octanol–water partition coefficient (Wildman–Crippen LogP) is 14.2. The number of nitrogens with zero attached hydrogens (tertiary/aromatic N) is 2. The van der Waals surface area contributed by atoms with Gasteiger partial charge in [0.25, 0.3) is 11.1 Å². The van der Waals surface area contributed by atoms with E-state index in [2.05, 4.69) is 43.2 Å². The fourth-order valence-electron chi connectivity index (χ4n) is 4.75. The maximum absolute atomic E-state index is 13.1. The minimum Gasteiger partial charge on any atom is -0.507 e. The van der Waals surface area contributed by atoms with Gasteiger partial charge in [-0.05, 0) is 118 Å². The topological polar surface area (TPSA) is 99.8 Å². The van der Waals surface area contributed by atoms with Gasteiger partial charge < -0.3 is 14.6 Å². The summed E-state index contributed by atoms with van der Waals surface area (Å²) in [7, 11) is 0. The Morgan fingerprint density at radius 2 is 0.867 bits per heavy atom. The molecule has 0 fully saturated rings. The second-order valence-corrected chi connectivity index (χ2v) is 18.1. The zero-order valence-corrected chi connectivity index (χ0v) is 31.8. The normalized spacial score (nSPS) is 10.9. The molecule has 324 valence electrons. The van der Waals surface area contributed by atoms with Crippen molar-refractivity contribution in [1.29, 1.82) is 0 Å². The van der Waals surface area contributed by atoms with Crippen LogP contribution in [0.1, 0.15) is 22.3 Å². The number of hydrogen-bond donors (Lipinski definition) is 1. The summed E-state index contributed by atoms with van der Waals surface area (Å²) in [6.07, 6.45) is -6.84. The average Bonchev–Trinajstić information content (AvgIpc) is 3.09.